The fourth-order valence-corrected chi connectivity index (χ4v) is 2.81. The summed E-state index contributed by atoms with van der Waals surface area (Å²) in [6, 6.07) is 5.02. The van der Waals surface area contributed by atoms with Gasteiger partial charge in [-0.3, -0.25) is 50.0 Å². The molecule has 2 amide bonds. The number of nitrogens with one attached hydrogen (secondary N) is 1. The van der Waals surface area contributed by atoms with E-state index in [-0.39, 0.29) is 30.6 Å². The molecule has 0 aliphatic rings. The highest BCUT2D eigenvalue weighted by molar-refractivity contribution is 5.96. The van der Waals surface area contributed by atoms with Crippen LogP contribution in [0.25, 0.3) is 0 Å². The van der Waals surface area contributed by atoms with Crippen molar-refractivity contribution in [1.82, 2.24) is 10.2 Å². The van der Waals surface area contributed by atoms with Gasteiger partial charge in [0.2, 0.25) is 0 Å². The molecule has 0 saturated carbocycles. The van der Waals surface area contributed by atoms with Crippen molar-refractivity contribution in [3.05, 3.63) is 88.0 Å². The van der Waals surface area contributed by atoms with E-state index >= 15 is 0 Å². The highest BCUT2D eigenvalue weighted by Crippen LogP contribution is 2.24. The number of nitro groups is 4. The third kappa shape index (κ3) is 6.25. The molecule has 16 nitrogen and oxygen atoms in total. The molecule has 0 atom stereocenters. The van der Waals surface area contributed by atoms with E-state index < -0.39 is 54.3 Å². The second-order valence-corrected chi connectivity index (χ2v) is 6.84. The van der Waals surface area contributed by atoms with Gasteiger partial charge in [0.1, 0.15) is 0 Å². The number of non-ortho nitro benzene ring substituents is 4. The van der Waals surface area contributed by atoms with Gasteiger partial charge >= 0.3 is 0 Å². The lowest BCUT2D eigenvalue weighted by Crippen LogP contribution is -2.31. The number of carbonyl (C=O) groups excluding carboxylic acids is 2. The SMILES string of the molecule is CN(CCCNC(=O)c1cc([N+](=O)[O-])cc([N+](=O)[O-])c1)C(=O)c1cc([N+](=O)[O-])cc([N+](=O)[O-])c1. The molecule has 1 N–H and O–H groups in total. The zero-order valence-corrected chi connectivity index (χ0v) is 17.4. The Balaban J connectivity index is 2.01. The summed E-state index contributed by atoms with van der Waals surface area (Å²) in [5, 5.41) is 46.2. The molecule has 0 unspecified atom stereocenters. The van der Waals surface area contributed by atoms with Gasteiger partial charge in [-0.15, -0.1) is 0 Å². The smallest absolute Gasteiger partial charge is 0.277 e. The van der Waals surface area contributed by atoms with Crippen molar-refractivity contribution < 1.29 is 29.3 Å². The summed E-state index contributed by atoms with van der Waals surface area (Å²) >= 11 is 0. The highest BCUT2D eigenvalue weighted by Gasteiger charge is 2.22. The van der Waals surface area contributed by atoms with Crippen molar-refractivity contribution in [1.29, 1.82) is 0 Å². The van der Waals surface area contributed by atoms with Crippen molar-refractivity contribution in [2.45, 2.75) is 6.42 Å². The van der Waals surface area contributed by atoms with Gasteiger partial charge in [-0.05, 0) is 6.42 Å². The Morgan fingerprint density at radius 3 is 1.50 bits per heavy atom. The molecule has 0 radical (unpaired) electrons. The Kier molecular flexibility index (Phi) is 7.82. The van der Waals surface area contributed by atoms with Crippen molar-refractivity contribution in [2.75, 3.05) is 20.1 Å². The lowest BCUT2D eigenvalue weighted by molar-refractivity contribution is -0.394. The van der Waals surface area contributed by atoms with Crippen molar-refractivity contribution in [3.63, 3.8) is 0 Å². The monoisotopic (exact) mass is 476 g/mol. The van der Waals surface area contributed by atoms with Crippen molar-refractivity contribution in [2.24, 2.45) is 0 Å². The zero-order valence-electron chi connectivity index (χ0n) is 17.4. The molecule has 0 saturated heterocycles. The third-order valence-electron chi connectivity index (χ3n) is 4.46. The molecule has 0 aliphatic carbocycles. The first-order chi connectivity index (χ1) is 15.9. The average Bonchev–Trinajstić information content (AvgIpc) is 2.80. The van der Waals surface area contributed by atoms with Crippen LogP contribution in [-0.2, 0) is 0 Å². The third-order valence-corrected chi connectivity index (χ3v) is 4.46. The van der Waals surface area contributed by atoms with E-state index in [1.54, 1.807) is 0 Å². The first-order valence-corrected chi connectivity index (χ1v) is 9.32. The molecule has 0 fully saturated rings. The fraction of sp³-hybridized carbons (Fsp3) is 0.222. The maximum absolute atomic E-state index is 12.5. The van der Waals surface area contributed by atoms with Crippen LogP contribution in [-0.4, -0.2) is 56.5 Å². The van der Waals surface area contributed by atoms with Gasteiger partial charge in [0.05, 0.1) is 43.0 Å². The number of amides is 2. The molecule has 0 heterocycles. The topological polar surface area (TPSA) is 222 Å². The molecular weight excluding hydrogens is 460 g/mol. The second kappa shape index (κ2) is 10.5. The molecule has 0 bridgehead atoms. The van der Waals surface area contributed by atoms with Gasteiger partial charge in [-0.1, -0.05) is 0 Å². The normalized spacial score (nSPS) is 10.3. The molecule has 0 aromatic heterocycles. The summed E-state index contributed by atoms with van der Waals surface area (Å²) in [5.74, 6) is -1.54. The van der Waals surface area contributed by atoms with Gasteiger partial charge in [0.15, 0.2) is 0 Å². The number of nitro benzene ring substituents is 4. The van der Waals surface area contributed by atoms with Crippen LogP contribution in [0.5, 0.6) is 0 Å². The molecule has 16 heteroatoms. The highest BCUT2D eigenvalue weighted by atomic mass is 16.6. The Morgan fingerprint density at radius 2 is 1.12 bits per heavy atom. The minimum Gasteiger partial charge on any atom is -0.352 e. The van der Waals surface area contributed by atoms with E-state index in [1.807, 2.05) is 0 Å². The lowest BCUT2D eigenvalue weighted by Gasteiger charge is -2.17. The molecule has 178 valence electrons. The van der Waals surface area contributed by atoms with Crippen LogP contribution in [0.3, 0.4) is 0 Å². The Hall–Kier alpha value is -5.02. The number of hydrogen-bond donors (Lipinski definition) is 1. The van der Waals surface area contributed by atoms with Gasteiger partial charge in [-0.25, -0.2) is 0 Å². The number of hydrogen-bond acceptors (Lipinski definition) is 10. The van der Waals surface area contributed by atoms with Crippen LogP contribution in [0.2, 0.25) is 0 Å². The van der Waals surface area contributed by atoms with Crippen LogP contribution < -0.4 is 5.32 Å². The quantitative estimate of drug-likeness (QED) is 0.299. The standard InChI is InChI=1S/C18H16N6O10/c1-20(18(26)12-7-15(23(31)32)10-16(8-12)24(33)34)4-2-3-19-17(25)11-5-13(21(27)28)9-14(6-11)22(29)30/h5-10H,2-4H2,1H3,(H,19,25). The predicted octanol–water partition coefficient (Wildman–Crippen LogP) is 2.21. The predicted molar refractivity (Wildman–Crippen MR) is 113 cm³/mol. The molecule has 2 aromatic rings. The number of carbonyl (C=O) groups is 2. The molecule has 0 aliphatic heterocycles. The number of rotatable bonds is 10. The summed E-state index contributed by atoms with van der Waals surface area (Å²) in [6.07, 6.45) is 0.169. The molecule has 34 heavy (non-hydrogen) atoms. The summed E-state index contributed by atoms with van der Waals surface area (Å²) in [6.45, 7) is 0.00666. The van der Waals surface area contributed by atoms with Crippen molar-refractivity contribution in [3.8, 4) is 0 Å². The van der Waals surface area contributed by atoms with E-state index in [1.165, 1.54) is 7.05 Å². The molecule has 2 aromatic carbocycles. The minimum absolute atomic E-state index is 0.0258. The maximum Gasteiger partial charge on any atom is 0.277 e. The average molecular weight is 476 g/mol. The maximum atomic E-state index is 12.5. The van der Waals surface area contributed by atoms with Crippen LogP contribution in [0.4, 0.5) is 22.7 Å². The van der Waals surface area contributed by atoms with E-state index in [2.05, 4.69) is 5.32 Å². The van der Waals surface area contributed by atoms with Gasteiger partial charge < -0.3 is 10.2 Å². The van der Waals surface area contributed by atoms with E-state index in [4.69, 9.17) is 0 Å². The molecule has 2 rings (SSSR count). The van der Waals surface area contributed by atoms with E-state index in [9.17, 15) is 50.0 Å². The second-order valence-electron chi connectivity index (χ2n) is 6.84. The lowest BCUT2D eigenvalue weighted by atomic mass is 10.1. The first-order valence-electron chi connectivity index (χ1n) is 9.32. The fourth-order valence-electron chi connectivity index (χ4n) is 2.81. The molecule has 0 spiro atoms. The van der Waals surface area contributed by atoms with Crippen LogP contribution in [0.15, 0.2) is 36.4 Å². The van der Waals surface area contributed by atoms with Crippen LogP contribution in [0, 0.1) is 40.5 Å². The van der Waals surface area contributed by atoms with Crippen molar-refractivity contribution >= 4 is 34.6 Å². The minimum atomic E-state index is -0.872. The number of benzene rings is 2. The van der Waals surface area contributed by atoms with Gasteiger partial charge in [0.25, 0.3) is 34.6 Å². The van der Waals surface area contributed by atoms with Gasteiger partial charge in [0, 0.05) is 44.4 Å². The van der Waals surface area contributed by atoms with E-state index in [0.717, 1.165) is 41.3 Å². The van der Waals surface area contributed by atoms with Crippen LogP contribution in [0.1, 0.15) is 27.1 Å². The zero-order chi connectivity index (χ0) is 25.6. The van der Waals surface area contributed by atoms with Gasteiger partial charge in [-0.2, -0.15) is 0 Å². The largest absolute Gasteiger partial charge is 0.352 e. The summed E-state index contributed by atoms with van der Waals surface area (Å²) in [4.78, 5) is 66.2. The summed E-state index contributed by atoms with van der Waals surface area (Å²) in [7, 11) is 1.35. The number of nitrogens with zero attached hydrogens (tertiary/aromatic N) is 5. The Morgan fingerprint density at radius 1 is 0.735 bits per heavy atom. The van der Waals surface area contributed by atoms with E-state index in [0.29, 0.717) is 0 Å². The Bertz CT molecular complexity index is 1130. The first kappa shape index (κ1) is 25.2. The Labute approximate surface area is 189 Å². The summed E-state index contributed by atoms with van der Waals surface area (Å²) in [5.41, 5.74) is -3.06. The van der Waals surface area contributed by atoms with Crippen LogP contribution >= 0.6 is 0 Å². The molecular formula is C18H16N6O10. The summed E-state index contributed by atoms with van der Waals surface area (Å²) < 4.78 is 0.